The molecule has 0 aromatic heterocycles. The third-order valence-electron chi connectivity index (χ3n) is 6.32. The summed E-state index contributed by atoms with van der Waals surface area (Å²) in [4.78, 5) is 0. The van der Waals surface area contributed by atoms with Gasteiger partial charge < -0.3 is 11.1 Å². The third-order valence-corrected chi connectivity index (χ3v) is 6.32. The van der Waals surface area contributed by atoms with Crippen LogP contribution in [0.25, 0.3) is 0 Å². The van der Waals surface area contributed by atoms with Crippen LogP contribution in [-0.2, 0) is 0 Å². The Morgan fingerprint density at radius 1 is 1.00 bits per heavy atom. The van der Waals surface area contributed by atoms with Crippen molar-refractivity contribution in [1.29, 1.82) is 0 Å². The monoisotopic (exact) mass is 252 g/mol. The van der Waals surface area contributed by atoms with E-state index >= 15 is 0 Å². The summed E-state index contributed by atoms with van der Waals surface area (Å²) in [6, 6.07) is 0. The van der Waals surface area contributed by atoms with Gasteiger partial charge in [-0.05, 0) is 49.1 Å². The number of hydrogen-bond acceptors (Lipinski definition) is 2. The van der Waals surface area contributed by atoms with E-state index in [4.69, 9.17) is 5.73 Å². The Morgan fingerprint density at radius 3 is 2.06 bits per heavy atom. The molecule has 0 bridgehead atoms. The Hall–Kier alpha value is -0.0800. The second-order valence-electron chi connectivity index (χ2n) is 7.87. The largest absolute Gasteiger partial charge is 0.325 e. The van der Waals surface area contributed by atoms with Gasteiger partial charge in [0.2, 0.25) is 0 Å². The van der Waals surface area contributed by atoms with Gasteiger partial charge in [-0.2, -0.15) is 0 Å². The lowest BCUT2D eigenvalue weighted by atomic mass is 9.80. The number of rotatable bonds is 5. The molecule has 2 aliphatic rings. The Labute approximate surface area is 113 Å². The van der Waals surface area contributed by atoms with Crippen molar-refractivity contribution in [2.75, 3.05) is 13.1 Å². The van der Waals surface area contributed by atoms with Gasteiger partial charge in [-0.15, -0.1) is 0 Å². The summed E-state index contributed by atoms with van der Waals surface area (Å²) in [5, 5.41) is 3.65. The molecule has 0 saturated heterocycles. The van der Waals surface area contributed by atoms with Crippen LogP contribution in [0.4, 0.5) is 0 Å². The Bertz CT molecular complexity index is 273. The smallest absolute Gasteiger partial charge is 0.0166 e. The summed E-state index contributed by atoms with van der Waals surface area (Å²) in [5.41, 5.74) is 7.61. The molecule has 2 nitrogen and oxygen atoms in total. The first-order valence-electron chi connectivity index (χ1n) is 7.79. The summed E-state index contributed by atoms with van der Waals surface area (Å²) in [6.07, 6.45) is 7.67. The van der Waals surface area contributed by atoms with E-state index < -0.39 is 0 Å². The predicted molar refractivity (Wildman–Crippen MR) is 78.5 cm³/mol. The second kappa shape index (κ2) is 4.79. The van der Waals surface area contributed by atoms with E-state index in [9.17, 15) is 0 Å². The van der Waals surface area contributed by atoms with Gasteiger partial charge in [-0.3, -0.25) is 0 Å². The van der Waals surface area contributed by atoms with Crippen LogP contribution >= 0.6 is 0 Å². The van der Waals surface area contributed by atoms with Gasteiger partial charge in [0, 0.05) is 5.54 Å². The molecule has 106 valence electrons. The Balaban J connectivity index is 1.65. The van der Waals surface area contributed by atoms with Gasteiger partial charge in [0.05, 0.1) is 0 Å². The van der Waals surface area contributed by atoms with Crippen LogP contribution in [-0.4, -0.2) is 18.6 Å². The first-order valence-corrected chi connectivity index (χ1v) is 7.79. The van der Waals surface area contributed by atoms with E-state index in [0.717, 1.165) is 25.4 Å². The zero-order valence-corrected chi connectivity index (χ0v) is 12.8. The van der Waals surface area contributed by atoms with E-state index in [1.165, 1.54) is 32.1 Å². The van der Waals surface area contributed by atoms with Crippen LogP contribution in [0.15, 0.2) is 0 Å². The summed E-state index contributed by atoms with van der Waals surface area (Å²) >= 11 is 0. The molecular weight excluding hydrogens is 220 g/mol. The molecule has 2 aliphatic carbocycles. The predicted octanol–water partition coefficient (Wildman–Crippen LogP) is 3.31. The van der Waals surface area contributed by atoms with Crippen LogP contribution in [0.3, 0.4) is 0 Å². The molecule has 0 heterocycles. The molecule has 2 rings (SSSR count). The zero-order chi connectivity index (χ0) is 13.4. The summed E-state index contributed by atoms with van der Waals surface area (Å²) in [5.74, 6) is 0.824. The minimum absolute atomic E-state index is 0.139. The fourth-order valence-electron chi connectivity index (χ4n) is 3.93. The lowest BCUT2D eigenvalue weighted by molar-refractivity contribution is 0.274. The van der Waals surface area contributed by atoms with E-state index in [1.807, 2.05) is 0 Å². The van der Waals surface area contributed by atoms with E-state index in [-0.39, 0.29) is 5.54 Å². The Morgan fingerprint density at radius 2 is 1.56 bits per heavy atom. The highest BCUT2D eigenvalue weighted by Crippen LogP contribution is 2.67. The van der Waals surface area contributed by atoms with E-state index in [0.29, 0.717) is 10.8 Å². The average Bonchev–Trinajstić information content (AvgIpc) is 2.67. The number of nitrogens with two attached hydrogens (primary N) is 1. The standard InChI is InChI=1S/C16H32N2/c1-14(2)13(15(14,3)4)12-18-11-10-16(17)8-6-5-7-9-16/h13,18H,5-12,17H2,1-4H3. The van der Waals surface area contributed by atoms with Crippen LogP contribution in [0, 0.1) is 16.7 Å². The van der Waals surface area contributed by atoms with E-state index in [1.54, 1.807) is 0 Å². The molecule has 0 radical (unpaired) electrons. The van der Waals surface area contributed by atoms with Gasteiger partial charge in [0.15, 0.2) is 0 Å². The summed E-state index contributed by atoms with van der Waals surface area (Å²) in [6.45, 7) is 11.8. The highest BCUT2D eigenvalue weighted by molar-refractivity contribution is 5.12. The van der Waals surface area contributed by atoms with Crippen molar-refractivity contribution >= 4 is 0 Å². The first-order chi connectivity index (χ1) is 8.30. The molecule has 0 atom stereocenters. The maximum Gasteiger partial charge on any atom is 0.0166 e. The topological polar surface area (TPSA) is 38.0 Å². The van der Waals surface area contributed by atoms with Crippen LogP contribution < -0.4 is 11.1 Å². The molecule has 0 spiro atoms. The normalized spacial score (nSPS) is 29.2. The lowest BCUT2D eigenvalue weighted by Gasteiger charge is -2.33. The molecule has 3 N–H and O–H groups in total. The fourth-order valence-corrected chi connectivity index (χ4v) is 3.93. The van der Waals surface area contributed by atoms with Crippen molar-refractivity contribution < 1.29 is 0 Å². The SMILES string of the molecule is CC1(C)C(CNCCC2(N)CCCCC2)C1(C)C. The quantitative estimate of drug-likeness (QED) is 0.737. The van der Waals surface area contributed by atoms with E-state index in [2.05, 4.69) is 33.0 Å². The molecule has 2 fully saturated rings. The highest BCUT2D eigenvalue weighted by atomic mass is 14.9. The van der Waals surface area contributed by atoms with Crippen molar-refractivity contribution in [2.24, 2.45) is 22.5 Å². The molecule has 18 heavy (non-hydrogen) atoms. The third kappa shape index (κ3) is 2.60. The minimum atomic E-state index is 0.139. The van der Waals surface area contributed by atoms with Crippen molar-refractivity contribution in [2.45, 2.75) is 71.8 Å². The zero-order valence-electron chi connectivity index (χ0n) is 12.8. The van der Waals surface area contributed by atoms with Crippen molar-refractivity contribution in [3.05, 3.63) is 0 Å². The molecule has 0 unspecified atom stereocenters. The molecule has 0 aromatic rings. The van der Waals surface area contributed by atoms with Crippen molar-refractivity contribution in [3.8, 4) is 0 Å². The maximum atomic E-state index is 6.46. The van der Waals surface area contributed by atoms with Gasteiger partial charge in [-0.25, -0.2) is 0 Å². The molecule has 2 heteroatoms. The van der Waals surface area contributed by atoms with Crippen LogP contribution in [0.2, 0.25) is 0 Å². The maximum absolute atomic E-state index is 6.46. The average molecular weight is 252 g/mol. The second-order valence-corrected chi connectivity index (χ2v) is 7.87. The van der Waals surface area contributed by atoms with Gasteiger partial charge in [0.1, 0.15) is 0 Å². The molecule has 0 aromatic carbocycles. The number of hydrogen-bond donors (Lipinski definition) is 2. The first kappa shape index (κ1) is 14.3. The van der Waals surface area contributed by atoms with Crippen molar-refractivity contribution in [1.82, 2.24) is 5.32 Å². The van der Waals surface area contributed by atoms with Gasteiger partial charge in [0.25, 0.3) is 0 Å². The van der Waals surface area contributed by atoms with Gasteiger partial charge >= 0.3 is 0 Å². The van der Waals surface area contributed by atoms with Gasteiger partial charge in [-0.1, -0.05) is 47.0 Å². The molecule has 2 saturated carbocycles. The van der Waals surface area contributed by atoms with Crippen molar-refractivity contribution in [3.63, 3.8) is 0 Å². The molecular formula is C16H32N2. The summed E-state index contributed by atoms with van der Waals surface area (Å²) < 4.78 is 0. The summed E-state index contributed by atoms with van der Waals surface area (Å²) in [7, 11) is 0. The molecule has 0 aliphatic heterocycles. The molecule has 0 amide bonds. The minimum Gasteiger partial charge on any atom is -0.325 e. The highest BCUT2D eigenvalue weighted by Gasteiger charge is 2.63. The van der Waals surface area contributed by atoms with Crippen LogP contribution in [0.1, 0.15) is 66.2 Å². The van der Waals surface area contributed by atoms with Crippen LogP contribution in [0.5, 0.6) is 0 Å². The Kier molecular flexibility index (Phi) is 3.81. The fraction of sp³-hybridized carbons (Fsp3) is 1.00. The number of nitrogens with one attached hydrogen (secondary N) is 1. The lowest BCUT2D eigenvalue weighted by Crippen LogP contribution is -2.44.